The van der Waals surface area contributed by atoms with Gasteiger partial charge in [0.05, 0.1) is 5.25 Å². The summed E-state index contributed by atoms with van der Waals surface area (Å²) in [6.07, 6.45) is 2.13. The molecule has 1 aliphatic rings. The molecule has 3 aromatic rings. The highest BCUT2D eigenvalue weighted by Crippen LogP contribution is 2.30. The number of nitrogens with one attached hydrogen (secondary N) is 2. The fraction of sp³-hybridized carbons (Fsp3) is 0.259. The first-order chi connectivity index (χ1) is 17.8. The largest absolute Gasteiger partial charge is 0.487 e. The molecule has 2 aromatic carbocycles. The van der Waals surface area contributed by atoms with Crippen molar-refractivity contribution >= 4 is 34.7 Å². The molecule has 1 aromatic heterocycles. The number of anilines is 1. The van der Waals surface area contributed by atoms with Crippen LogP contribution in [0.5, 0.6) is 5.75 Å². The Balaban J connectivity index is 1.36. The van der Waals surface area contributed by atoms with Gasteiger partial charge >= 0.3 is 5.97 Å². The number of benzene rings is 2. The highest BCUT2D eigenvalue weighted by molar-refractivity contribution is 8.15. The average molecular weight is 524 g/mol. The first-order valence-corrected chi connectivity index (χ1v) is 12.5. The summed E-state index contributed by atoms with van der Waals surface area (Å²) in [5, 5.41) is 4.81. The van der Waals surface area contributed by atoms with Crippen LogP contribution in [0.1, 0.15) is 23.6 Å². The van der Waals surface area contributed by atoms with Gasteiger partial charge in [-0.05, 0) is 65.4 Å². The van der Waals surface area contributed by atoms with Crippen molar-refractivity contribution in [2.75, 3.05) is 18.5 Å². The van der Waals surface area contributed by atoms with Gasteiger partial charge in [-0.1, -0.05) is 36.0 Å². The molecule has 1 atom stereocenters. The van der Waals surface area contributed by atoms with Crippen molar-refractivity contribution in [2.45, 2.75) is 32.1 Å². The van der Waals surface area contributed by atoms with E-state index in [-0.39, 0.29) is 30.1 Å². The lowest BCUT2D eigenvalue weighted by atomic mass is 9.98. The van der Waals surface area contributed by atoms with Crippen molar-refractivity contribution in [2.24, 2.45) is 0 Å². The maximum Gasteiger partial charge on any atom is 0.302 e. The first-order valence-electron chi connectivity index (χ1n) is 11.6. The van der Waals surface area contributed by atoms with Gasteiger partial charge in [0.2, 0.25) is 5.91 Å². The van der Waals surface area contributed by atoms with Crippen LogP contribution < -0.4 is 15.4 Å². The zero-order chi connectivity index (χ0) is 26.4. The van der Waals surface area contributed by atoms with Gasteiger partial charge in [-0.2, -0.15) is 0 Å². The van der Waals surface area contributed by atoms with Gasteiger partial charge in [0.15, 0.2) is 11.6 Å². The summed E-state index contributed by atoms with van der Waals surface area (Å²) in [4.78, 5) is 38.3. The molecule has 2 N–H and O–H groups in total. The van der Waals surface area contributed by atoms with Crippen molar-refractivity contribution in [3.8, 4) is 16.9 Å². The number of aromatic nitrogens is 1. The fourth-order valence-electron chi connectivity index (χ4n) is 3.85. The number of pyridine rings is 1. The number of nitrogens with zero attached hydrogens (tertiary/aromatic N) is 1. The normalized spacial score (nSPS) is 14.8. The number of carbonyl (C=O) groups is 3. The standard InChI is InChI=1S/C27H26FN3O5S/c1-16-10-23(36-9-8-35-17(2)32)22(28)13-21(16)20-5-3-4-18(11-20)14-29-25-7-6-19(15-30-25)12-24-26(33)31-27(34)37-24/h3-7,10-11,13,15,24H,8-9,12,14H2,1-2H3,(H,29,30)(H,31,33,34). The van der Waals surface area contributed by atoms with E-state index >= 15 is 0 Å². The summed E-state index contributed by atoms with van der Waals surface area (Å²) in [6, 6.07) is 14.6. The minimum absolute atomic E-state index is 0.0555. The Hall–Kier alpha value is -3.92. The van der Waals surface area contributed by atoms with E-state index in [2.05, 4.69) is 15.6 Å². The van der Waals surface area contributed by atoms with Gasteiger partial charge in [-0.25, -0.2) is 9.37 Å². The minimum Gasteiger partial charge on any atom is -0.487 e. The van der Waals surface area contributed by atoms with E-state index in [9.17, 15) is 18.8 Å². The second-order valence-electron chi connectivity index (χ2n) is 8.48. The van der Waals surface area contributed by atoms with Crippen LogP contribution in [-0.2, 0) is 27.3 Å². The molecular formula is C27H26FN3O5S. The Morgan fingerprint density at radius 2 is 1.97 bits per heavy atom. The van der Waals surface area contributed by atoms with Crippen LogP contribution in [0.2, 0.25) is 0 Å². The summed E-state index contributed by atoms with van der Waals surface area (Å²) in [6.45, 7) is 3.82. The molecule has 0 bridgehead atoms. The van der Waals surface area contributed by atoms with Gasteiger partial charge < -0.3 is 14.8 Å². The molecule has 1 saturated heterocycles. The zero-order valence-electron chi connectivity index (χ0n) is 20.4. The highest BCUT2D eigenvalue weighted by atomic mass is 32.2. The lowest BCUT2D eigenvalue weighted by Gasteiger charge is -2.13. The van der Waals surface area contributed by atoms with Crippen LogP contribution in [0.3, 0.4) is 0 Å². The average Bonchev–Trinajstić information content (AvgIpc) is 3.19. The second kappa shape index (κ2) is 11.9. The van der Waals surface area contributed by atoms with Gasteiger partial charge in [-0.3, -0.25) is 19.7 Å². The number of halogens is 1. The molecule has 1 aliphatic heterocycles. The SMILES string of the molecule is CC(=O)OCCOc1cc(C)c(-c2cccc(CNc3ccc(CC4SC(=O)NC4=O)cn3)c2)cc1F. The maximum atomic E-state index is 14.7. The smallest absolute Gasteiger partial charge is 0.302 e. The lowest BCUT2D eigenvalue weighted by molar-refractivity contribution is -0.141. The summed E-state index contributed by atoms with van der Waals surface area (Å²) >= 11 is 0.998. The zero-order valence-corrected chi connectivity index (χ0v) is 21.2. The number of hydrogen-bond donors (Lipinski definition) is 2. The Morgan fingerprint density at radius 1 is 1.14 bits per heavy atom. The van der Waals surface area contributed by atoms with Gasteiger partial charge in [0.25, 0.3) is 5.24 Å². The fourth-order valence-corrected chi connectivity index (χ4v) is 4.71. The van der Waals surface area contributed by atoms with E-state index in [1.807, 2.05) is 43.3 Å². The van der Waals surface area contributed by atoms with Crippen LogP contribution in [0.25, 0.3) is 11.1 Å². The number of imide groups is 1. The van der Waals surface area contributed by atoms with Crippen LogP contribution in [-0.4, -0.2) is 40.6 Å². The van der Waals surface area contributed by atoms with E-state index in [1.54, 1.807) is 12.3 Å². The van der Waals surface area contributed by atoms with Crippen molar-refractivity contribution in [3.63, 3.8) is 0 Å². The van der Waals surface area contributed by atoms with E-state index in [1.165, 1.54) is 13.0 Å². The topological polar surface area (TPSA) is 107 Å². The molecule has 0 saturated carbocycles. The highest BCUT2D eigenvalue weighted by Gasteiger charge is 2.31. The summed E-state index contributed by atoms with van der Waals surface area (Å²) < 4.78 is 24.9. The lowest BCUT2D eigenvalue weighted by Crippen LogP contribution is -2.25. The van der Waals surface area contributed by atoms with Gasteiger partial charge in [0.1, 0.15) is 19.0 Å². The molecule has 37 heavy (non-hydrogen) atoms. The minimum atomic E-state index is -0.492. The molecule has 1 fully saturated rings. The van der Waals surface area contributed by atoms with E-state index < -0.39 is 17.0 Å². The number of carbonyl (C=O) groups excluding carboxylic acids is 3. The molecule has 1 unspecified atom stereocenters. The third-order valence-electron chi connectivity index (χ3n) is 5.65. The third-order valence-corrected chi connectivity index (χ3v) is 6.63. The van der Waals surface area contributed by atoms with Crippen molar-refractivity contribution < 1.29 is 28.2 Å². The number of ether oxygens (including phenoxy) is 2. The Bertz CT molecular complexity index is 1320. The molecule has 4 rings (SSSR count). The third kappa shape index (κ3) is 7.07. The predicted octanol–water partition coefficient (Wildman–Crippen LogP) is 4.64. The number of aryl methyl sites for hydroxylation is 1. The number of thioether (sulfide) groups is 1. The van der Waals surface area contributed by atoms with E-state index in [0.29, 0.717) is 18.8 Å². The molecular weight excluding hydrogens is 497 g/mol. The number of esters is 1. The van der Waals surface area contributed by atoms with E-state index in [0.717, 1.165) is 39.6 Å². The van der Waals surface area contributed by atoms with Crippen LogP contribution in [0, 0.1) is 12.7 Å². The monoisotopic (exact) mass is 523 g/mol. The molecule has 0 spiro atoms. The summed E-state index contributed by atoms with van der Waals surface area (Å²) in [5.41, 5.74) is 4.32. The number of rotatable bonds is 10. The molecule has 192 valence electrons. The molecule has 0 radical (unpaired) electrons. The van der Waals surface area contributed by atoms with Crippen molar-refractivity contribution in [3.05, 3.63) is 77.2 Å². The van der Waals surface area contributed by atoms with Crippen LogP contribution >= 0.6 is 11.8 Å². The Kier molecular flexibility index (Phi) is 8.39. The molecule has 8 nitrogen and oxygen atoms in total. The number of hydrogen-bond acceptors (Lipinski definition) is 8. The first kappa shape index (κ1) is 26.2. The quantitative estimate of drug-likeness (QED) is 0.292. The molecule has 2 amide bonds. The number of amides is 2. The second-order valence-corrected chi connectivity index (χ2v) is 9.65. The predicted molar refractivity (Wildman–Crippen MR) is 139 cm³/mol. The molecule has 0 aliphatic carbocycles. The Morgan fingerprint density at radius 3 is 2.68 bits per heavy atom. The van der Waals surface area contributed by atoms with Gasteiger partial charge in [-0.15, -0.1) is 0 Å². The summed E-state index contributed by atoms with van der Waals surface area (Å²) in [7, 11) is 0. The van der Waals surface area contributed by atoms with Crippen LogP contribution in [0.15, 0.2) is 54.7 Å². The van der Waals surface area contributed by atoms with Crippen molar-refractivity contribution in [1.82, 2.24) is 10.3 Å². The van der Waals surface area contributed by atoms with Gasteiger partial charge in [0, 0.05) is 19.7 Å². The van der Waals surface area contributed by atoms with E-state index in [4.69, 9.17) is 9.47 Å². The molecule has 2 heterocycles. The molecule has 10 heteroatoms. The Labute approximate surface area is 218 Å². The van der Waals surface area contributed by atoms with Crippen molar-refractivity contribution in [1.29, 1.82) is 0 Å². The maximum absolute atomic E-state index is 14.7. The van der Waals surface area contributed by atoms with Crippen LogP contribution in [0.4, 0.5) is 15.0 Å². The summed E-state index contributed by atoms with van der Waals surface area (Å²) in [5.74, 6) is -0.390.